The van der Waals surface area contributed by atoms with E-state index in [1.807, 2.05) is 77.3 Å². The summed E-state index contributed by atoms with van der Waals surface area (Å²) in [5, 5.41) is 2.81. The molecule has 0 saturated carbocycles. The average Bonchev–Trinajstić information content (AvgIpc) is 3.81. The molecule has 4 aromatic rings. The normalized spacial score (nSPS) is 15.8. The van der Waals surface area contributed by atoms with E-state index in [9.17, 15) is 9.59 Å². The summed E-state index contributed by atoms with van der Waals surface area (Å²) in [5.41, 5.74) is 3.66. The van der Waals surface area contributed by atoms with E-state index in [1.165, 1.54) is 0 Å². The predicted octanol–water partition coefficient (Wildman–Crippen LogP) is 8.37. The summed E-state index contributed by atoms with van der Waals surface area (Å²) < 4.78 is 19.4. The third-order valence-corrected chi connectivity index (χ3v) is 10.1. The Bertz CT molecular complexity index is 1820. The van der Waals surface area contributed by atoms with Crippen molar-refractivity contribution >= 4 is 20.3 Å². The molecule has 52 heavy (non-hydrogen) atoms. The highest BCUT2D eigenvalue weighted by atomic mass is 28.3. The molecule has 280 valence electrons. The maximum Gasteiger partial charge on any atom is 0.410 e. The molecule has 4 heterocycles. The lowest BCUT2D eigenvalue weighted by Gasteiger charge is -2.29. The van der Waals surface area contributed by atoms with Crippen molar-refractivity contribution in [1.29, 1.82) is 0 Å². The van der Waals surface area contributed by atoms with Crippen molar-refractivity contribution in [3.05, 3.63) is 60.7 Å². The van der Waals surface area contributed by atoms with Crippen molar-refractivity contribution in [3.63, 3.8) is 0 Å². The maximum atomic E-state index is 13.2. The topological polar surface area (TPSA) is 149 Å². The first-order chi connectivity index (χ1) is 24.4. The molecule has 3 aromatic heterocycles. The molecule has 0 spiro atoms. The molecule has 1 saturated heterocycles. The summed E-state index contributed by atoms with van der Waals surface area (Å²) in [4.78, 5) is 49.3. The van der Waals surface area contributed by atoms with E-state index < -0.39 is 25.4 Å². The highest BCUT2D eigenvalue weighted by Crippen LogP contribution is 2.35. The van der Waals surface area contributed by atoms with Crippen LogP contribution in [-0.2, 0) is 20.9 Å². The van der Waals surface area contributed by atoms with E-state index in [-0.39, 0.29) is 18.2 Å². The molecule has 2 N–H and O–H groups in total. The average molecular weight is 731 g/mol. The van der Waals surface area contributed by atoms with Crippen LogP contribution in [0.5, 0.6) is 0 Å². The largest absolute Gasteiger partial charge is 0.444 e. The number of alkyl carbamates (subject to hydrolysis) is 1. The quantitative estimate of drug-likeness (QED) is 0.115. The third kappa shape index (κ3) is 10.3. The molecular weight excluding hydrogens is 677 g/mol. The van der Waals surface area contributed by atoms with Gasteiger partial charge in [-0.15, -0.1) is 0 Å². The van der Waals surface area contributed by atoms with Gasteiger partial charge in [0.1, 0.15) is 35.3 Å². The molecule has 13 nitrogen and oxygen atoms in total. The van der Waals surface area contributed by atoms with Gasteiger partial charge in [0.15, 0.2) is 0 Å². The monoisotopic (exact) mass is 730 g/mol. The predicted molar refractivity (Wildman–Crippen MR) is 203 cm³/mol. The Balaban J connectivity index is 1.32. The first-order valence-electron chi connectivity index (χ1n) is 18.0. The van der Waals surface area contributed by atoms with Crippen molar-refractivity contribution in [2.24, 2.45) is 0 Å². The Morgan fingerprint density at radius 3 is 2.19 bits per heavy atom. The van der Waals surface area contributed by atoms with Gasteiger partial charge in [0.05, 0.1) is 54.0 Å². The second-order valence-corrected chi connectivity index (χ2v) is 22.1. The number of benzene rings is 1. The summed E-state index contributed by atoms with van der Waals surface area (Å²) in [6, 6.07) is 8.41. The van der Waals surface area contributed by atoms with Crippen LogP contribution in [0.2, 0.25) is 25.7 Å². The first-order valence-corrected chi connectivity index (χ1v) is 21.7. The molecule has 0 radical (unpaired) electrons. The Labute approximate surface area is 307 Å². The first kappa shape index (κ1) is 38.7. The zero-order chi connectivity index (χ0) is 37.8. The SMILES string of the molecule is C[C@H](NC(=O)OC(C)(C)C)c1ncc(-c2ccc(-c3cnc(-c4cnc([C@H]5CCCN5C(=O)OC(C)(C)C)n4COCC[Si](C)(C)C)cn3)cc2)[nH]1. The van der Waals surface area contributed by atoms with Crippen molar-refractivity contribution in [2.75, 3.05) is 13.2 Å². The summed E-state index contributed by atoms with van der Waals surface area (Å²) in [6.45, 7) is 21.5. The highest BCUT2D eigenvalue weighted by molar-refractivity contribution is 6.76. The second-order valence-electron chi connectivity index (χ2n) is 16.5. The molecule has 14 heteroatoms. The fourth-order valence-corrected chi connectivity index (χ4v) is 6.55. The lowest BCUT2D eigenvalue weighted by atomic mass is 10.1. The van der Waals surface area contributed by atoms with Crippen LogP contribution in [0.1, 0.15) is 85.0 Å². The summed E-state index contributed by atoms with van der Waals surface area (Å²) in [5.74, 6) is 1.38. The van der Waals surface area contributed by atoms with Crippen LogP contribution in [0.15, 0.2) is 49.1 Å². The summed E-state index contributed by atoms with van der Waals surface area (Å²) in [7, 11) is -1.29. The Morgan fingerprint density at radius 2 is 1.56 bits per heavy atom. The van der Waals surface area contributed by atoms with Crippen molar-refractivity contribution < 1.29 is 23.8 Å². The standard InChI is InChI=1S/C38H54N8O5Si/c1-25(43-35(47)50-37(2,3)4)33-41-21-29(44-33)27-15-13-26(14-16-27)28-20-40-30(22-39-28)32-23-42-34(46(32)24-49-18-19-52(8,9)10)31-12-11-17-45(31)36(48)51-38(5,6)7/h13-16,20-23,25,31H,11-12,17-19,24H2,1-10H3,(H,41,44)(H,43,47)/t25-,31+/m0/s1. The molecule has 1 aliphatic heterocycles. The Hall–Kier alpha value is -4.56. The van der Waals surface area contributed by atoms with Crippen LogP contribution in [0.25, 0.3) is 33.9 Å². The number of rotatable bonds is 11. The number of nitrogens with zero attached hydrogens (tertiary/aromatic N) is 6. The van der Waals surface area contributed by atoms with Crippen LogP contribution in [0.3, 0.4) is 0 Å². The summed E-state index contributed by atoms with van der Waals surface area (Å²) >= 11 is 0. The van der Waals surface area contributed by atoms with E-state index in [2.05, 4.69) is 34.9 Å². The number of imidazole rings is 2. The van der Waals surface area contributed by atoms with Crippen molar-refractivity contribution in [1.82, 2.24) is 39.7 Å². The second kappa shape index (κ2) is 15.6. The van der Waals surface area contributed by atoms with E-state index in [1.54, 1.807) is 29.7 Å². The van der Waals surface area contributed by atoms with Gasteiger partial charge in [-0.2, -0.15) is 0 Å². The number of H-pyrrole nitrogens is 1. The smallest absolute Gasteiger partial charge is 0.410 e. The number of hydrogen-bond donors (Lipinski definition) is 2. The zero-order valence-electron chi connectivity index (χ0n) is 32.2. The van der Waals surface area contributed by atoms with Gasteiger partial charge < -0.3 is 29.1 Å². The lowest BCUT2D eigenvalue weighted by molar-refractivity contribution is 0.0204. The Kier molecular flexibility index (Phi) is 11.6. The molecule has 1 aliphatic rings. The van der Waals surface area contributed by atoms with E-state index in [0.717, 1.165) is 52.9 Å². The Morgan fingerprint density at radius 1 is 0.904 bits per heavy atom. The zero-order valence-corrected chi connectivity index (χ0v) is 33.2. The van der Waals surface area contributed by atoms with E-state index in [0.29, 0.717) is 31.4 Å². The number of nitrogens with one attached hydrogen (secondary N) is 2. The van der Waals surface area contributed by atoms with Gasteiger partial charge in [0.25, 0.3) is 0 Å². The number of aromatic nitrogens is 6. The number of likely N-dealkylation sites (tertiary alicyclic amines) is 1. The molecule has 1 aromatic carbocycles. The van der Waals surface area contributed by atoms with Crippen LogP contribution in [0, 0.1) is 0 Å². The lowest BCUT2D eigenvalue weighted by Crippen LogP contribution is -2.37. The van der Waals surface area contributed by atoms with Crippen LogP contribution in [0.4, 0.5) is 9.59 Å². The molecule has 5 rings (SSSR count). The van der Waals surface area contributed by atoms with Gasteiger partial charge in [-0.3, -0.25) is 14.9 Å². The van der Waals surface area contributed by atoms with Crippen LogP contribution < -0.4 is 5.32 Å². The van der Waals surface area contributed by atoms with E-state index in [4.69, 9.17) is 29.2 Å². The van der Waals surface area contributed by atoms with Crippen molar-refractivity contribution in [2.45, 2.75) is 117 Å². The minimum Gasteiger partial charge on any atom is -0.444 e. The van der Waals surface area contributed by atoms with Gasteiger partial charge in [0.2, 0.25) is 0 Å². The van der Waals surface area contributed by atoms with Gasteiger partial charge in [-0.1, -0.05) is 43.9 Å². The van der Waals surface area contributed by atoms with E-state index >= 15 is 0 Å². The van der Waals surface area contributed by atoms with Gasteiger partial charge >= 0.3 is 12.2 Å². The molecule has 0 unspecified atom stereocenters. The fraction of sp³-hybridized carbons (Fsp3) is 0.526. The molecule has 0 bridgehead atoms. The van der Waals surface area contributed by atoms with Gasteiger partial charge in [-0.05, 0) is 72.9 Å². The third-order valence-electron chi connectivity index (χ3n) is 8.43. The van der Waals surface area contributed by atoms with Crippen molar-refractivity contribution in [3.8, 4) is 33.9 Å². The van der Waals surface area contributed by atoms with Gasteiger partial charge in [0, 0.05) is 26.8 Å². The summed E-state index contributed by atoms with van der Waals surface area (Å²) in [6.07, 6.45) is 7.87. The number of aromatic amines is 1. The number of carbonyl (C=O) groups excluding carboxylic acids is 2. The molecule has 2 atom stereocenters. The molecule has 2 amide bonds. The highest BCUT2D eigenvalue weighted by Gasteiger charge is 2.36. The van der Waals surface area contributed by atoms with Crippen LogP contribution in [-0.4, -0.2) is 79.0 Å². The molecule has 1 fully saturated rings. The molecule has 0 aliphatic carbocycles. The minimum atomic E-state index is -1.29. The number of amides is 2. The van der Waals surface area contributed by atoms with Gasteiger partial charge in [-0.25, -0.2) is 19.6 Å². The fourth-order valence-electron chi connectivity index (χ4n) is 5.79. The number of hydrogen-bond acceptors (Lipinski definition) is 9. The number of ether oxygens (including phenoxy) is 3. The minimum absolute atomic E-state index is 0.231. The number of carbonyl (C=O) groups is 2. The molecular formula is C38H54N8O5Si. The van der Waals surface area contributed by atoms with Crippen LogP contribution >= 0.6 is 0 Å². The maximum absolute atomic E-state index is 13.2.